The highest BCUT2D eigenvalue weighted by atomic mass is 35.5. The summed E-state index contributed by atoms with van der Waals surface area (Å²) in [6.07, 6.45) is -0.961. The molecule has 298 valence electrons. The third-order valence-electron chi connectivity index (χ3n) is 8.06. The molecule has 1 atom stereocenters. The molecule has 3 N–H and O–H groups in total. The molecule has 54 heavy (non-hydrogen) atoms. The van der Waals surface area contributed by atoms with Crippen LogP contribution in [0.3, 0.4) is 0 Å². The summed E-state index contributed by atoms with van der Waals surface area (Å²) in [5.74, 6) is 1.22. The molecule has 1 aromatic carbocycles. The fourth-order valence-corrected chi connectivity index (χ4v) is 6.63. The van der Waals surface area contributed by atoms with Crippen molar-refractivity contribution in [3.8, 4) is 5.00 Å². The lowest BCUT2D eigenvalue weighted by atomic mass is 9.99. The molecule has 0 fully saturated rings. The number of thiophene rings is 1. The van der Waals surface area contributed by atoms with Crippen LogP contribution < -0.4 is 10.6 Å². The Morgan fingerprint density at radius 2 is 1.22 bits per heavy atom. The molecule has 0 unspecified atom stereocenters. The number of nitrogens with zero attached hydrogens (tertiary/aromatic N) is 4. The van der Waals surface area contributed by atoms with Crippen LogP contribution in [0, 0.1) is 20.8 Å². The summed E-state index contributed by atoms with van der Waals surface area (Å²) >= 11 is 7.87. The first-order chi connectivity index (χ1) is 26.3. The second-order valence-electron chi connectivity index (χ2n) is 12.0. The van der Waals surface area contributed by atoms with Crippen LogP contribution >= 0.6 is 22.9 Å². The van der Waals surface area contributed by atoms with Crippen molar-refractivity contribution in [2.75, 3.05) is 106 Å². The SMILES string of the molecule is Cc1sc2c(c1C)C(c1ccc(Cl)cc1)=N[C@@H](CC(=O)NCCOCCOCCOCCOCCOCCOCCOCCNC(=O)O)c1nnc(C)n1-2. The van der Waals surface area contributed by atoms with Crippen LogP contribution in [0.25, 0.3) is 5.00 Å². The molecule has 0 spiro atoms. The molecule has 3 aromatic rings. The van der Waals surface area contributed by atoms with E-state index in [0.29, 0.717) is 110 Å². The fraction of sp³-hybridized carbons (Fsp3) is 0.583. The van der Waals surface area contributed by atoms with Crippen molar-refractivity contribution in [2.45, 2.75) is 33.2 Å². The van der Waals surface area contributed by atoms with Crippen LogP contribution in [0.5, 0.6) is 0 Å². The minimum atomic E-state index is -1.07. The smallest absolute Gasteiger partial charge is 0.404 e. The number of carbonyl (C=O) groups excluding carboxylic acids is 1. The van der Waals surface area contributed by atoms with Crippen LogP contribution in [0.1, 0.15) is 45.7 Å². The Morgan fingerprint density at radius 1 is 0.741 bits per heavy atom. The highest BCUT2D eigenvalue weighted by Gasteiger charge is 2.32. The maximum atomic E-state index is 13.1. The van der Waals surface area contributed by atoms with Crippen LogP contribution in [0.4, 0.5) is 4.79 Å². The Balaban J connectivity index is 1.01. The van der Waals surface area contributed by atoms with E-state index in [1.807, 2.05) is 35.8 Å². The Kier molecular flexibility index (Phi) is 19.3. The molecule has 3 heterocycles. The average molecular weight is 795 g/mol. The number of rotatable bonds is 27. The second-order valence-corrected chi connectivity index (χ2v) is 13.6. The molecule has 2 amide bonds. The maximum absolute atomic E-state index is 13.1. The average Bonchev–Trinajstić information content (AvgIpc) is 3.63. The van der Waals surface area contributed by atoms with E-state index < -0.39 is 12.1 Å². The summed E-state index contributed by atoms with van der Waals surface area (Å²) in [6.45, 7) is 12.5. The molecule has 2 aromatic heterocycles. The van der Waals surface area contributed by atoms with Gasteiger partial charge in [0.05, 0.1) is 105 Å². The van der Waals surface area contributed by atoms with Crippen molar-refractivity contribution in [1.29, 1.82) is 0 Å². The van der Waals surface area contributed by atoms with Crippen LogP contribution in [-0.4, -0.2) is 143 Å². The number of aryl methyl sites for hydroxylation is 2. The standard InChI is InChI=1S/C36H51ClN6O10S/c1-25-26(2)54-35-32(25)33(28-4-6-29(37)7-5-28)40-30(34-42-41-27(3)43(34)35)24-31(44)38-8-10-47-12-14-49-16-18-51-20-22-53-23-21-52-19-17-50-15-13-48-11-9-39-36(45)46/h4-7,30,39H,8-24H2,1-3H3,(H,38,44)(H,45,46)/t30-/m0/s1. The van der Waals surface area contributed by atoms with Crippen LogP contribution in [-0.2, 0) is 38.0 Å². The molecule has 0 aliphatic carbocycles. The number of aliphatic imine (C=N–C) groups is 1. The first-order valence-electron chi connectivity index (χ1n) is 17.9. The maximum Gasteiger partial charge on any atom is 0.404 e. The lowest BCUT2D eigenvalue weighted by Crippen LogP contribution is -2.29. The largest absolute Gasteiger partial charge is 0.465 e. The molecular weight excluding hydrogens is 744 g/mol. The minimum absolute atomic E-state index is 0.108. The van der Waals surface area contributed by atoms with Crippen LogP contribution in [0.15, 0.2) is 29.3 Å². The van der Waals surface area contributed by atoms with Gasteiger partial charge in [0.25, 0.3) is 0 Å². The predicted octanol–water partition coefficient (Wildman–Crippen LogP) is 3.69. The van der Waals surface area contributed by atoms with E-state index in [0.717, 1.165) is 33.2 Å². The molecule has 16 nitrogen and oxygen atoms in total. The zero-order valence-corrected chi connectivity index (χ0v) is 32.7. The summed E-state index contributed by atoms with van der Waals surface area (Å²) in [7, 11) is 0. The van der Waals surface area contributed by atoms with Gasteiger partial charge in [-0.25, -0.2) is 4.79 Å². The number of carbonyl (C=O) groups is 2. The summed E-state index contributed by atoms with van der Waals surface area (Å²) in [6, 6.07) is 7.06. The Labute approximate surface area is 324 Å². The van der Waals surface area contributed by atoms with Gasteiger partial charge in [0, 0.05) is 34.1 Å². The third kappa shape index (κ3) is 14.3. The van der Waals surface area contributed by atoms with Gasteiger partial charge >= 0.3 is 6.09 Å². The number of benzene rings is 1. The van der Waals surface area contributed by atoms with Crippen molar-refractivity contribution in [3.05, 3.63) is 62.5 Å². The summed E-state index contributed by atoms with van der Waals surface area (Å²) in [5.41, 5.74) is 3.88. The molecule has 0 saturated heterocycles. The summed E-state index contributed by atoms with van der Waals surface area (Å²) < 4.78 is 40.2. The third-order valence-corrected chi connectivity index (χ3v) is 9.50. The number of hydrogen-bond acceptors (Lipinski definition) is 13. The number of aromatic nitrogens is 3. The zero-order valence-electron chi connectivity index (χ0n) is 31.1. The Morgan fingerprint density at radius 3 is 1.72 bits per heavy atom. The molecule has 1 aliphatic rings. The molecule has 0 saturated carbocycles. The number of halogens is 1. The number of carboxylic acid groups (broad SMARTS) is 1. The number of hydrogen-bond donors (Lipinski definition) is 3. The van der Waals surface area contributed by atoms with Gasteiger partial charge in [0.15, 0.2) is 5.82 Å². The lowest BCUT2D eigenvalue weighted by Gasteiger charge is -2.13. The quantitative estimate of drug-likeness (QED) is 0.0953. The van der Waals surface area contributed by atoms with Crippen molar-refractivity contribution in [2.24, 2.45) is 4.99 Å². The molecule has 1 aliphatic heterocycles. The Hall–Kier alpha value is -3.52. The second kappa shape index (κ2) is 24.1. The van der Waals surface area contributed by atoms with E-state index in [1.165, 1.54) is 4.88 Å². The summed E-state index contributed by atoms with van der Waals surface area (Å²) in [4.78, 5) is 29.7. The van der Waals surface area contributed by atoms with E-state index in [4.69, 9.17) is 54.9 Å². The van der Waals surface area contributed by atoms with E-state index in [2.05, 4.69) is 34.7 Å². The number of amides is 2. The molecule has 18 heteroatoms. The monoisotopic (exact) mass is 794 g/mol. The molecule has 0 bridgehead atoms. The number of fused-ring (bicyclic) bond motifs is 3. The zero-order chi connectivity index (χ0) is 38.5. The number of ether oxygens (including phenoxy) is 7. The first kappa shape index (κ1) is 43.2. The fourth-order valence-electron chi connectivity index (χ4n) is 5.29. The Bertz CT molecular complexity index is 1620. The van der Waals surface area contributed by atoms with Gasteiger partial charge < -0.3 is 48.9 Å². The van der Waals surface area contributed by atoms with Crippen molar-refractivity contribution in [1.82, 2.24) is 25.4 Å². The first-order valence-corrected chi connectivity index (χ1v) is 19.1. The number of nitrogens with one attached hydrogen (secondary N) is 2. The highest BCUT2D eigenvalue weighted by molar-refractivity contribution is 7.15. The van der Waals surface area contributed by atoms with Crippen molar-refractivity contribution < 1.29 is 47.9 Å². The molecule has 4 rings (SSSR count). The van der Waals surface area contributed by atoms with Crippen molar-refractivity contribution in [3.63, 3.8) is 0 Å². The highest BCUT2D eigenvalue weighted by Crippen LogP contribution is 2.39. The van der Waals surface area contributed by atoms with Gasteiger partial charge in [0.2, 0.25) is 5.91 Å². The van der Waals surface area contributed by atoms with E-state index in [9.17, 15) is 9.59 Å². The topological polar surface area (TPSA) is 186 Å². The van der Waals surface area contributed by atoms with Crippen molar-refractivity contribution >= 4 is 40.6 Å². The summed E-state index contributed by atoms with van der Waals surface area (Å²) in [5, 5.41) is 24.1. The van der Waals surface area contributed by atoms with Crippen LogP contribution in [0.2, 0.25) is 5.02 Å². The van der Waals surface area contributed by atoms with Gasteiger partial charge in [-0.2, -0.15) is 0 Å². The van der Waals surface area contributed by atoms with Gasteiger partial charge in [-0.1, -0.05) is 23.7 Å². The van der Waals surface area contributed by atoms with Gasteiger partial charge in [0.1, 0.15) is 16.9 Å². The predicted molar refractivity (Wildman–Crippen MR) is 203 cm³/mol. The lowest BCUT2D eigenvalue weighted by molar-refractivity contribution is -0.121. The normalized spacial score (nSPS) is 13.6. The van der Waals surface area contributed by atoms with E-state index in [-0.39, 0.29) is 18.9 Å². The molecule has 0 radical (unpaired) electrons. The van der Waals surface area contributed by atoms with Gasteiger partial charge in [-0.15, -0.1) is 21.5 Å². The van der Waals surface area contributed by atoms with E-state index >= 15 is 0 Å². The van der Waals surface area contributed by atoms with Gasteiger partial charge in [-0.3, -0.25) is 14.4 Å². The van der Waals surface area contributed by atoms with E-state index in [1.54, 1.807) is 11.3 Å². The molecular formula is C36H51ClN6O10S. The van der Waals surface area contributed by atoms with Gasteiger partial charge in [-0.05, 0) is 38.5 Å². The minimum Gasteiger partial charge on any atom is -0.465 e.